The van der Waals surface area contributed by atoms with Crippen molar-refractivity contribution in [2.45, 2.75) is 26.7 Å². The Morgan fingerprint density at radius 3 is 2.67 bits per heavy atom. The SMILES string of the molecule is C=CC/C=C\C(C)CC. The maximum Gasteiger partial charge on any atom is -0.0172 e. The Bertz CT molecular complexity index is 90.2. The molecule has 0 amide bonds. The summed E-state index contributed by atoms with van der Waals surface area (Å²) in [5.41, 5.74) is 0. The van der Waals surface area contributed by atoms with Gasteiger partial charge >= 0.3 is 0 Å². The standard InChI is InChI=1S/C9H16/c1-4-6-7-8-9(3)5-2/h4,7-9H,1,5-6H2,2-3H3/b8-7-. The van der Waals surface area contributed by atoms with Crippen molar-refractivity contribution < 1.29 is 0 Å². The zero-order valence-corrected chi connectivity index (χ0v) is 6.43. The first-order valence-corrected chi connectivity index (χ1v) is 3.58. The predicted molar refractivity (Wildman–Crippen MR) is 43.4 cm³/mol. The van der Waals surface area contributed by atoms with Gasteiger partial charge in [0.15, 0.2) is 0 Å². The van der Waals surface area contributed by atoms with Crippen LogP contribution in [0.25, 0.3) is 0 Å². The summed E-state index contributed by atoms with van der Waals surface area (Å²) >= 11 is 0. The molecule has 9 heavy (non-hydrogen) atoms. The van der Waals surface area contributed by atoms with Crippen molar-refractivity contribution in [2.24, 2.45) is 5.92 Å². The molecule has 0 aromatic carbocycles. The van der Waals surface area contributed by atoms with E-state index in [9.17, 15) is 0 Å². The zero-order valence-electron chi connectivity index (χ0n) is 6.43. The lowest BCUT2D eigenvalue weighted by atomic mass is 10.1. The largest absolute Gasteiger partial charge is 0.103 e. The van der Waals surface area contributed by atoms with E-state index >= 15 is 0 Å². The lowest BCUT2D eigenvalue weighted by molar-refractivity contribution is 0.696. The summed E-state index contributed by atoms with van der Waals surface area (Å²) in [5.74, 6) is 0.727. The van der Waals surface area contributed by atoms with E-state index in [0.717, 1.165) is 12.3 Å². The van der Waals surface area contributed by atoms with Gasteiger partial charge in [-0.1, -0.05) is 38.5 Å². The summed E-state index contributed by atoms with van der Waals surface area (Å²) in [7, 11) is 0. The normalized spacial score (nSPS) is 14.0. The molecule has 0 aliphatic rings. The monoisotopic (exact) mass is 124 g/mol. The molecule has 0 saturated heterocycles. The fourth-order valence-corrected chi connectivity index (χ4v) is 0.543. The summed E-state index contributed by atoms with van der Waals surface area (Å²) < 4.78 is 0. The van der Waals surface area contributed by atoms with Crippen molar-refractivity contribution in [3.8, 4) is 0 Å². The lowest BCUT2D eigenvalue weighted by Crippen LogP contribution is -1.82. The second kappa shape index (κ2) is 5.61. The molecule has 1 unspecified atom stereocenters. The van der Waals surface area contributed by atoms with Crippen LogP contribution in [0.5, 0.6) is 0 Å². The fraction of sp³-hybridized carbons (Fsp3) is 0.556. The molecule has 1 atom stereocenters. The highest BCUT2D eigenvalue weighted by Crippen LogP contribution is 2.02. The van der Waals surface area contributed by atoms with Crippen LogP contribution in [0.3, 0.4) is 0 Å². The predicted octanol–water partition coefficient (Wildman–Crippen LogP) is 3.16. The molecule has 0 spiro atoms. The quantitative estimate of drug-likeness (QED) is 0.505. The van der Waals surface area contributed by atoms with Gasteiger partial charge in [0.25, 0.3) is 0 Å². The minimum absolute atomic E-state index is 0.727. The van der Waals surface area contributed by atoms with E-state index < -0.39 is 0 Å². The van der Waals surface area contributed by atoms with Crippen LogP contribution < -0.4 is 0 Å². The second-order valence-corrected chi connectivity index (χ2v) is 2.34. The Morgan fingerprint density at radius 1 is 1.56 bits per heavy atom. The minimum atomic E-state index is 0.727. The highest BCUT2D eigenvalue weighted by Gasteiger charge is 1.87. The van der Waals surface area contributed by atoms with Crippen molar-refractivity contribution in [1.29, 1.82) is 0 Å². The van der Waals surface area contributed by atoms with Crippen molar-refractivity contribution in [2.75, 3.05) is 0 Å². The lowest BCUT2D eigenvalue weighted by Gasteiger charge is -1.96. The first-order valence-electron chi connectivity index (χ1n) is 3.58. The summed E-state index contributed by atoms with van der Waals surface area (Å²) in [6, 6.07) is 0. The molecule has 52 valence electrons. The van der Waals surface area contributed by atoms with E-state index in [1.807, 2.05) is 6.08 Å². The molecular weight excluding hydrogens is 108 g/mol. The van der Waals surface area contributed by atoms with Crippen LogP contribution in [-0.2, 0) is 0 Å². The molecule has 0 N–H and O–H groups in total. The van der Waals surface area contributed by atoms with Crippen LogP contribution >= 0.6 is 0 Å². The molecule has 0 aromatic rings. The van der Waals surface area contributed by atoms with Crippen LogP contribution in [0.1, 0.15) is 26.7 Å². The van der Waals surface area contributed by atoms with E-state index in [1.54, 1.807) is 0 Å². The molecule has 0 aliphatic carbocycles. The number of hydrogen-bond acceptors (Lipinski definition) is 0. The Balaban J connectivity index is 3.31. The van der Waals surface area contributed by atoms with Crippen LogP contribution in [0.4, 0.5) is 0 Å². The van der Waals surface area contributed by atoms with Crippen LogP contribution in [0, 0.1) is 5.92 Å². The molecule has 0 radical (unpaired) electrons. The van der Waals surface area contributed by atoms with Gasteiger partial charge in [-0.3, -0.25) is 0 Å². The Hall–Kier alpha value is -0.520. The fourth-order valence-electron chi connectivity index (χ4n) is 0.543. The van der Waals surface area contributed by atoms with E-state index in [2.05, 4.69) is 32.6 Å². The molecule has 0 aromatic heterocycles. The molecule has 0 heterocycles. The molecule has 0 bridgehead atoms. The first-order chi connectivity index (χ1) is 4.31. The Labute approximate surface area is 58.3 Å². The van der Waals surface area contributed by atoms with Crippen molar-refractivity contribution in [3.05, 3.63) is 24.8 Å². The van der Waals surface area contributed by atoms with E-state index in [4.69, 9.17) is 0 Å². The Morgan fingerprint density at radius 2 is 2.22 bits per heavy atom. The van der Waals surface area contributed by atoms with Gasteiger partial charge in [0.1, 0.15) is 0 Å². The molecule has 0 heteroatoms. The number of rotatable bonds is 4. The minimum Gasteiger partial charge on any atom is -0.103 e. The average Bonchev–Trinajstić information content (AvgIpc) is 1.89. The smallest absolute Gasteiger partial charge is 0.0172 e. The first kappa shape index (κ1) is 8.48. The Kier molecular flexibility index (Phi) is 5.29. The van der Waals surface area contributed by atoms with Crippen molar-refractivity contribution in [1.82, 2.24) is 0 Å². The van der Waals surface area contributed by atoms with Gasteiger partial charge in [-0.15, -0.1) is 6.58 Å². The van der Waals surface area contributed by atoms with E-state index in [-0.39, 0.29) is 0 Å². The second-order valence-electron chi connectivity index (χ2n) is 2.34. The van der Waals surface area contributed by atoms with Crippen molar-refractivity contribution >= 4 is 0 Å². The zero-order chi connectivity index (χ0) is 7.11. The number of allylic oxidation sites excluding steroid dienone is 3. The van der Waals surface area contributed by atoms with Gasteiger partial charge in [0.05, 0.1) is 0 Å². The van der Waals surface area contributed by atoms with E-state index in [0.29, 0.717) is 0 Å². The molecule has 0 aliphatic heterocycles. The maximum atomic E-state index is 3.63. The highest BCUT2D eigenvalue weighted by atomic mass is 13.9. The van der Waals surface area contributed by atoms with Gasteiger partial charge < -0.3 is 0 Å². The third-order valence-electron chi connectivity index (χ3n) is 1.41. The van der Waals surface area contributed by atoms with Crippen molar-refractivity contribution in [3.63, 3.8) is 0 Å². The third kappa shape index (κ3) is 5.35. The van der Waals surface area contributed by atoms with Gasteiger partial charge in [-0.05, 0) is 12.3 Å². The summed E-state index contributed by atoms with van der Waals surface area (Å²) in [4.78, 5) is 0. The van der Waals surface area contributed by atoms with Gasteiger partial charge in [-0.25, -0.2) is 0 Å². The topological polar surface area (TPSA) is 0 Å². The van der Waals surface area contributed by atoms with Gasteiger partial charge in [-0.2, -0.15) is 0 Å². The molecule has 0 rings (SSSR count). The summed E-state index contributed by atoms with van der Waals surface area (Å²) in [6.45, 7) is 8.05. The van der Waals surface area contributed by atoms with Gasteiger partial charge in [0.2, 0.25) is 0 Å². The molecule has 0 fully saturated rings. The summed E-state index contributed by atoms with van der Waals surface area (Å²) in [6.07, 6.45) is 8.56. The van der Waals surface area contributed by atoms with Crippen LogP contribution in [0.2, 0.25) is 0 Å². The molecule has 0 nitrogen and oxygen atoms in total. The highest BCUT2D eigenvalue weighted by molar-refractivity contribution is 4.90. The average molecular weight is 124 g/mol. The van der Waals surface area contributed by atoms with Crippen LogP contribution in [0.15, 0.2) is 24.8 Å². The van der Waals surface area contributed by atoms with Gasteiger partial charge in [0, 0.05) is 0 Å². The molecular formula is C9H16. The maximum absolute atomic E-state index is 3.63. The number of hydrogen-bond donors (Lipinski definition) is 0. The van der Waals surface area contributed by atoms with E-state index in [1.165, 1.54) is 6.42 Å². The third-order valence-corrected chi connectivity index (χ3v) is 1.41. The molecule has 0 saturated carbocycles. The van der Waals surface area contributed by atoms with Crippen LogP contribution in [-0.4, -0.2) is 0 Å². The summed E-state index contributed by atoms with van der Waals surface area (Å²) in [5, 5.41) is 0.